The summed E-state index contributed by atoms with van der Waals surface area (Å²) < 4.78 is 0. The largest absolute Gasteiger partial charge is 3.00 e. The Morgan fingerprint density at radius 1 is 1.25 bits per heavy atom. The van der Waals surface area contributed by atoms with Gasteiger partial charge in [0.2, 0.25) is 0 Å². The van der Waals surface area contributed by atoms with Crippen LogP contribution in [0.3, 0.4) is 0 Å². The van der Waals surface area contributed by atoms with Crippen molar-refractivity contribution in [2.75, 3.05) is 0 Å². The Balaban J connectivity index is -0.00000000750. The van der Waals surface area contributed by atoms with Crippen LogP contribution < -0.4 is 0 Å². The average molecular weight is 323 g/mol. The van der Waals surface area contributed by atoms with Crippen LogP contribution in [0.2, 0.25) is 0 Å². The molecule has 0 rings (SSSR count). The average Bonchev–Trinajstić information content (AvgIpc) is 0.811. The van der Waals surface area contributed by atoms with Gasteiger partial charge in [-0.1, -0.05) is 0 Å². The first kappa shape index (κ1) is 44.0. The molecule has 0 saturated carbocycles. The van der Waals surface area contributed by atoms with E-state index in [1.54, 1.807) is 0 Å². The van der Waals surface area contributed by atoms with Gasteiger partial charge < -0.3 is 21.6 Å². The first-order valence-electron chi connectivity index (χ1n) is 0.565. The van der Waals surface area contributed by atoms with E-state index in [2.05, 4.69) is 0 Å². The smallest absolute Gasteiger partial charge is 0.870 e. The molecule has 0 aliphatic heterocycles. The van der Waals surface area contributed by atoms with Gasteiger partial charge in [0.15, 0.2) is 0 Å². The fourth-order valence-corrected chi connectivity index (χ4v) is 0. The van der Waals surface area contributed by atoms with E-state index in [0.29, 0.717) is 0 Å². The quantitative estimate of drug-likeness (QED) is 0.333. The summed E-state index contributed by atoms with van der Waals surface area (Å²) in [5.41, 5.74) is 0. The Labute approximate surface area is 63.5 Å². The fraction of sp³-hybridized carbons (Fsp3) is 0. The van der Waals surface area contributed by atoms with Crippen molar-refractivity contribution in [3.63, 3.8) is 0 Å². The minimum Gasteiger partial charge on any atom is -0.870 e. The summed E-state index contributed by atoms with van der Waals surface area (Å²) in [6, 6.07) is 0. The molecule has 8 heteroatoms. The molecule has 0 saturated heterocycles. The standard InChI is InChI=1S/Bi.HNO3.3H2O/c;2-1(3)4;;;/h;(H,2,3,4);3*1H2/q+3;;;;/p-3. The van der Waals surface area contributed by atoms with Gasteiger partial charge >= 0.3 is 26.2 Å². The number of nitrogens with zero attached hydrogens (tertiary/aromatic N) is 1. The predicted molar refractivity (Wildman–Crippen MR) is 20.3 cm³/mol. The van der Waals surface area contributed by atoms with Crippen molar-refractivity contribution in [2.24, 2.45) is 0 Å². The van der Waals surface area contributed by atoms with E-state index in [-0.39, 0.29) is 42.6 Å². The molecule has 4 N–H and O–H groups in total. The minimum atomic E-state index is -1.50. The van der Waals surface area contributed by atoms with Crippen LogP contribution in [0.4, 0.5) is 0 Å². The maximum absolute atomic E-state index is 8.36. The van der Waals surface area contributed by atoms with Crippen molar-refractivity contribution in [1.29, 1.82) is 0 Å². The van der Waals surface area contributed by atoms with Gasteiger partial charge in [-0.05, 0) is 0 Å². The molecule has 8 heavy (non-hydrogen) atoms. The summed E-state index contributed by atoms with van der Waals surface area (Å²) in [5, 5.41) is 13.6. The topological polar surface area (TPSA) is 153 Å². The van der Waals surface area contributed by atoms with Crippen LogP contribution >= 0.6 is 0 Å². The van der Waals surface area contributed by atoms with E-state index in [4.69, 9.17) is 15.3 Å². The van der Waals surface area contributed by atoms with Crippen molar-refractivity contribution in [3.05, 3.63) is 10.1 Å². The van der Waals surface area contributed by atoms with Gasteiger partial charge in [0.25, 0.3) is 5.09 Å². The van der Waals surface area contributed by atoms with Crippen LogP contribution in [-0.4, -0.2) is 52.9 Å². The molecule has 0 aromatic heterocycles. The van der Waals surface area contributed by atoms with Gasteiger partial charge in [0.05, 0.1) is 0 Å². The molecule has 0 aliphatic carbocycles. The maximum atomic E-state index is 8.36. The minimum absolute atomic E-state index is 0. The number of rotatable bonds is 0. The van der Waals surface area contributed by atoms with E-state index in [1.165, 1.54) is 0 Å². The van der Waals surface area contributed by atoms with E-state index in [1.807, 2.05) is 0 Å². The molecule has 0 unspecified atom stereocenters. The van der Waals surface area contributed by atoms with Crippen LogP contribution in [0.1, 0.15) is 0 Å². The van der Waals surface area contributed by atoms with Gasteiger partial charge in [-0.2, -0.15) is 0 Å². The molecule has 0 aromatic rings. The molecule has 50 valence electrons. The number of hydrogen-bond donors (Lipinski definition) is 1. The molecule has 0 aliphatic rings. The van der Waals surface area contributed by atoms with Crippen LogP contribution in [0, 0.1) is 10.1 Å². The van der Waals surface area contributed by atoms with E-state index in [0.717, 1.165) is 0 Å². The Hall–Kier alpha value is -0.0369. The zero-order valence-corrected chi connectivity index (χ0v) is 6.98. The molecule has 0 amide bonds. The molecule has 7 nitrogen and oxygen atoms in total. The SMILES string of the molecule is O=[N+]([O-])O.[Bi+3].[OH-].[OH-].[OH-]. The molecule has 0 bridgehead atoms. The van der Waals surface area contributed by atoms with Crippen molar-refractivity contribution < 1.29 is 26.7 Å². The van der Waals surface area contributed by atoms with Crippen LogP contribution in [0.15, 0.2) is 0 Å². The summed E-state index contributed by atoms with van der Waals surface area (Å²) in [7, 11) is 0. The molecule has 0 aromatic carbocycles. The van der Waals surface area contributed by atoms with Gasteiger partial charge in [-0.3, -0.25) is 0 Å². The normalized spacial score (nSPS) is 3.00. The Morgan fingerprint density at radius 2 is 1.25 bits per heavy atom. The molecule has 0 spiro atoms. The van der Waals surface area contributed by atoms with Crippen molar-refractivity contribution >= 4 is 26.2 Å². The Morgan fingerprint density at radius 3 is 1.25 bits per heavy atom. The maximum Gasteiger partial charge on any atom is 3.00 e. The summed E-state index contributed by atoms with van der Waals surface area (Å²) in [4.78, 5) is 8.36. The molecule has 0 fully saturated rings. The van der Waals surface area contributed by atoms with Gasteiger partial charge in [-0.15, -0.1) is 10.1 Å². The fourth-order valence-electron chi connectivity index (χ4n) is 0. The second-order valence-electron chi connectivity index (χ2n) is 0.238. The first-order valence-corrected chi connectivity index (χ1v) is 0.565. The van der Waals surface area contributed by atoms with Crippen LogP contribution in [-0.2, 0) is 0 Å². The summed E-state index contributed by atoms with van der Waals surface area (Å²) in [6.07, 6.45) is 0. The van der Waals surface area contributed by atoms with Crippen molar-refractivity contribution in [2.45, 2.75) is 0 Å². The number of hydrogen-bond acceptors (Lipinski definition) is 5. The third-order valence-corrected chi connectivity index (χ3v) is 0. The zero-order valence-electron chi connectivity index (χ0n) is 3.50. The van der Waals surface area contributed by atoms with Crippen LogP contribution in [0.5, 0.6) is 0 Å². The van der Waals surface area contributed by atoms with Crippen molar-refractivity contribution in [1.82, 2.24) is 0 Å². The molecular weight excluding hydrogens is 319 g/mol. The summed E-state index contributed by atoms with van der Waals surface area (Å²) in [5.74, 6) is 0. The molecule has 2 radical (unpaired) electrons. The monoisotopic (exact) mass is 323 g/mol. The second-order valence-corrected chi connectivity index (χ2v) is 0.238. The molecular formula is H4BiNO6. The van der Waals surface area contributed by atoms with E-state index >= 15 is 0 Å². The third kappa shape index (κ3) is 108000. The van der Waals surface area contributed by atoms with Gasteiger partial charge in [0, 0.05) is 0 Å². The van der Waals surface area contributed by atoms with Gasteiger partial charge in [0.1, 0.15) is 0 Å². The summed E-state index contributed by atoms with van der Waals surface area (Å²) in [6.45, 7) is 0. The third-order valence-electron chi connectivity index (χ3n) is 0. The Kier molecular flexibility index (Phi) is 155. The van der Waals surface area contributed by atoms with Crippen LogP contribution in [0.25, 0.3) is 0 Å². The predicted octanol–water partition coefficient (Wildman–Crippen LogP) is -1.26. The molecule has 0 heterocycles. The zero-order chi connectivity index (χ0) is 3.58. The molecule has 0 atom stereocenters. The Bertz CT molecular complexity index is 31.5. The van der Waals surface area contributed by atoms with Gasteiger partial charge in [-0.25, -0.2) is 0 Å². The van der Waals surface area contributed by atoms with E-state index < -0.39 is 5.09 Å². The van der Waals surface area contributed by atoms with Crippen molar-refractivity contribution in [3.8, 4) is 0 Å². The second kappa shape index (κ2) is 28.2. The first-order chi connectivity index (χ1) is 1.73. The summed E-state index contributed by atoms with van der Waals surface area (Å²) >= 11 is 0. The van der Waals surface area contributed by atoms with E-state index in [9.17, 15) is 0 Å².